The second-order valence-electron chi connectivity index (χ2n) is 13.4. The van der Waals surface area contributed by atoms with Crippen molar-refractivity contribution in [2.75, 3.05) is 0 Å². The van der Waals surface area contributed by atoms with Crippen molar-refractivity contribution in [3.05, 3.63) is 176 Å². The Balaban J connectivity index is 1.23. The van der Waals surface area contributed by atoms with Gasteiger partial charge in [0.25, 0.3) is 0 Å². The van der Waals surface area contributed by atoms with Crippen LogP contribution in [0.2, 0.25) is 0 Å². The Morgan fingerprint density at radius 2 is 0.980 bits per heavy atom. The number of benzene rings is 9. The highest BCUT2D eigenvalue weighted by Gasteiger charge is 2.21. The molecular formula is C49H29NO. The van der Waals surface area contributed by atoms with Gasteiger partial charge in [-0.05, 0) is 55.6 Å². The van der Waals surface area contributed by atoms with E-state index in [1.165, 1.54) is 54.2 Å². The topological polar surface area (TPSA) is 26.0 Å². The van der Waals surface area contributed by atoms with Gasteiger partial charge in [-0.3, -0.25) is 0 Å². The van der Waals surface area contributed by atoms with E-state index in [2.05, 4.69) is 170 Å². The second kappa shape index (κ2) is 10.9. The first kappa shape index (κ1) is 28.1. The van der Waals surface area contributed by atoms with E-state index < -0.39 is 0 Å². The lowest BCUT2D eigenvalue weighted by Crippen LogP contribution is -1.93. The maximum atomic E-state index is 6.60. The third kappa shape index (κ3) is 4.14. The number of nitrogens with zero attached hydrogens (tertiary/aromatic N) is 1. The average Bonchev–Trinajstić information content (AvgIpc) is 3.59. The van der Waals surface area contributed by atoms with Gasteiger partial charge in [-0.15, -0.1) is 0 Å². The molecule has 0 saturated carbocycles. The fraction of sp³-hybridized carbons (Fsp3) is 0. The standard InChI is InChI=1S/C49H29NO/c1-2-14-31(15-3-1)48-41-28-25-30-13-4-5-16-33(30)46(41)40-27-26-32(29-43(40)50-48)45-35-18-6-8-20-37(35)47(38-21-9-7-19-36(38)45)42-23-12-22-39-34-17-10-11-24-44(34)51-49(39)42/h1-29H. The van der Waals surface area contributed by atoms with Crippen molar-refractivity contribution in [2.45, 2.75) is 0 Å². The lowest BCUT2D eigenvalue weighted by molar-refractivity contribution is 0.670. The van der Waals surface area contributed by atoms with Gasteiger partial charge in [0.05, 0.1) is 11.2 Å². The summed E-state index contributed by atoms with van der Waals surface area (Å²) in [5.74, 6) is 0. The van der Waals surface area contributed by atoms with Crippen molar-refractivity contribution in [2.24, 2.45) is 0 Å². The van der Waals surface area contributed by atoms with Crippen LogP contribution in [-0.2, 0) is 0 Å². The van der Waals surface area contributed by atoms with E-state index in [1.807, 2.05) is 6.07 Å². The second-order valence-corrected chi connectivity index (χ2v) is 13.4. The highest BCUT2D eigenvalue weighted by molar-refractivity contribution is 6.26. The Kier molecular flexibility index (Phi) is 5.99. The minimum Gasteiger partial charge on any atom is -0.455 e. The summed E-state index contributed by atoms with van der Waals surface area (Å²) < 4.78 is 6.60. The first-order valence-corrected chi connectivity index (χ1v) is 17.5. The van der Waals surface area contributed by atoms with Crippen LogP contribution in [0.3, 0.4) is 0 Å². The SMILES string of the molecule is c1ccc(-c2nc3cc(-c4c5ccccc5c(-c5cccc6c5oc5ccccc56)c5ccccc45)ccc3c3c2ccc2ccccc23)cc1. The summed E-state index contributed by atoms with van der Waals surface area (Å²) >= 11 is 0. The maximum absolute atomic E-state index is 6.60. The monoisotopic (exact) mass is 647 g/mol. The number of fused-ring (bicyclic) bond motifs is 10. The lowest BCUT2D eigenvalue weighted by atomic mass is 9.85. The molecule has 0 N–H and O–H groups in total. The smallest absolute Gasteiger partial charge is 0.143 e. The molecule has 0 aliphatic heterocycles. The molecule has 2 nitrogen and oxygen atoms in total. The van der Waals surface area contributed by atoms with Crippen LogP contribution in [0.5, 0.6) is 0 Å². The lowest BCUT2D eigenvalue weighted by Gasteiger charge is -2.18. The van der Waals surface area contributed by atoms with E-state index in [4.69, 9.17) is 9.40 Å². The summed E-state index contributed by atoms with van der Waals surface area (Å²) in [6.07, 6.45) is 0. The minimum atomic E-state index is 0.906. The Morgan fingerprint density at radius 3 is 1.75 bits per heavy atom. The number of pyridine rings is 1. The van der Waals surface area contributed by atoms with Crippen LogP contribution in [0.25, 0.3) is 109 Å². The minimum absolute atomic E-state index is 0.906. The molecule has 0 saturated heterocycles. The van der Waals surface area contributed by atoms with Gasteiger partial charge >= 0.3 is 0 Å². The number of aromatic nitrogens is 1. The third-order valence-electron chi connectivity index (χ3n) is 10.6. The number of rotatable bonds is 3. The van der Waals surface area contributed by atoms with E-state index in [9.17, 15) is 0 Å². The summed E-state index contributed by atoms with van der Waals surface area (Å²) in [7, 11) is 0. The van der Waals surface area contributed by atoms with Gasteiger partial charge in [0, 0.05) is 43.6 Å². The molecule has 0 fully saturated rings. The predicted molar refractivity (Wildman–Crippen MR) is 215 cm³/mol. The van der Waals surface area contributed by atoms with Crippen LogP contribution in [-0.4, -0.2) is 4.98 Å². The average molecular weight is 648 g/mol. The van der Waals surface area contributed by atoms with E-state index in [-0.39, 0.29) is 0 Å². The zero-order chi connectivity index (χ0) is 33.5. The zero-order valence-electron chi connectivity index (χ0n) is 27.6. The van der Waals surface area contributed by atoms with Gasteiger partial charge in [0.2, 0.25) is 0 Å². The molecule has 0 unspecified atom stereocenters. The molecule has 11 aromatic rings. The van der Waals surface area contributed by atoms with Crippen LogP contribution in [0.4, 0.5) is 0 Å². The van der Waals surface area contributed by atoms with E-state index in [0.29, 0.717) is 0 Å². The maximum Gasteiger partial charge on any atom is 0.143 e. The number of para-hydroxylation sites is 2. The molecule has 2 aromatic heterocycles. The van der Waals surface area contributed by atoms with Crippen LogP contribution < -0.4 is 0 Å². The van der Waals surface area contributed by atoms with Gasteiger partial charge in [-0.1, -0.05) is 164 Å². The number of hydrogen-bond acceptors (Lipinski definition) is 2. The summed E-state index contributed by atoms with van der Waals surface area (Å²) in [5, 5.41) is 13.1. The Hall–Kier alpha value is -6.77. The van der Waals surface area contributed by atoms with Gasteiger partial charge in [0.15, 0.2) is 0 Å². The first-order valence-electron chi connectivity index (χ1n) is 17.5. The number of furan rings is 1. The molecule has 0 atom stereocenters. The molecule has 2 heterocycles. The highest BCUT2D eigenvalue weighted by Crippen LogP contribution is 2.47. The van der Waals surface area contributed by atoms with Crippen molar-refractivity contribution in [1.29, 1.82) is 0 Å². The Morgan fingerprint density at radius 1 is 0.373 bits per heavy atom. The number of hydrogen-bond donors (Lipinski definition) is 0. The molecule has 0 spiro atoms. The zero-order valence-corrected chi connectivity index (χ0v) is 27.6. The molecular weight excluding hydrogens is 619 g/mol. The van der Waals surface area contributed by atoms with Gasteiger partial charge in [0.1, 0.15) is 11.2 Å². The molecule has 0 aliphatic rings. The fourth-order valence-corrected chi connectivity index (χ4v) is 8.42. The van der Waals surface area contributed by atoms with E-state index >= 15 is 0 Å². The Bertz CT molecular complexity index is 3130. The Labute approximate surface area is 293 Å². The molecule has 236 valence electrons. The van der Waals surface area contributed by atoms with Crippen molar-refractivity contribution in [3.63, 3.8) is 0 Å². The van der Waals surface area contributed by atoms with Crippen molar-refractivity contribution in [3.8, 4) is 33.5 Å². The van der Waals surface area contributed by atoms with Crippen LogP contribution in [0, 0.1) is 0 Å². The summed E-state index contributed by atoms with van der Waals surface area (Å²) in [4.78, 5) is 5.43. The summed E-state index contributed by atoms with van der Waals surface area (Å²) in [6.45, 7) is 0. The van der Waals surface area contributed by atoms with Gasteiger partial charge in [-0.25, -0.2) is 4.98 Å². The van der Waals surface area contributed by atoms with Crippen LogP contribution >= 0.6 is 0 Å². The molecule has 0 amide bonds. The molecule has 11 rings (SSSR count). The van der Waals surface area contributed by atoms with Crippen LogP contribution in [0.1, 0.15) is 0 Å². The molecule has 0 radical (unpaired) electrons. The quantitative estimate of drug-likeness (QED) is 0.141. The van der Waals surface area contributed by atoms with E-state index in [0.717, 1.165) is 55.2 Å². The molecule has 2 heteroatoms. The molecule has 0 aliphatic carbocycles. The summed E-state index contributed by atoms with van der Waals surface area (Å²) in [5.41, 5.74) is 9.59. The van der Waals surface area contributed by atoms with Crippen LogP contribution in [0.15, 0.2) is 180 Å². The first-order chi connectivity index (χ1) is 25.3. The predicted octanol–water partition coefficient (Wildman–Crippen LogP) is 13.7. The summed E-state index contributed by atoms with van der Waals surface area (Å²) in [6, 6.07) is 63.1. The highest BCUT2D eigenvalue weighted by atomic mass is 16.3. The molecule has 51 heavy (non-hydrogen) atoms. The largest absolute Gasteiger partial charge is 0.455 e. The third-order valence-corrected chi connectivity index (χ3v) is 10.6. The fourth-order valence-electron chi connectivity index (χ4n) is 8.42. The van der Waals surface area contributed by atoms with Crippen molar-refractivity contribution < 1.29 is 4.42 Å². The van der Waals surface area contributed by atoms with E-state index in [1.54, 1.807) is 0 Å². The normalized spacial score (nSPS) is 11.9. The van der Waals surface area contributed by atoms with Gasteiger partial charge < -0.3 is 4.42 Å². The van der Waals surface area contributed by atoms with Crippen molar-refractivity contribution in [1.82, 2.24) is 4.98 Å². The van der Waals surface area contributed by atoms with Gasteiger partial charge in [-0.2, -0.15) is 0 Å². The molecule has 0 bridgehead atoms. The molecule has 9 aromatic carbocycles. The van der Waals surface area contributed by atoms with Crippen molar-refractivity contribution >= 4 is 75.9 Å².